The summed E-state index contributed by atoms with van der Waals surface area (Å²) in [6, 6.07) is 51.8. The average molecular weight is 655 g/mol. The molecule has 0 aliphatic rings. The third-order valence-corrected chi connectivity index (χ3v) is 10.2. The van der Waals surface area contributed by atoms with Crippen LogP contribution in [-0.2, 0) is 0 Å². The Labute approximate surface area is 299 Å². The van der Waals surface area contributed by atoms with Crippen molar-refractivity contribution in [2.45, 2.75) is 0 Å². The highest BCUT2D eigenvalue weighted by Gasteiger charge is 2.19. The van der Waals surface area contributed by atoms with Gasteiger partial charge in [0.1, 0.15) is 5.65 Å². The number of hydrogen-bond acceptors (Lipinski definition) is 1. The van der Waals surface area contributed by atoms with Gasteiger partial charge in [0.25, 0.3) is 0 Å². The number of hydrogen-bond donors (Lipinski definition) is 0. The molecule has 0 amide bonds. The number of pyridine rings is 1. The molecule has 0 fully saturated rings. The highest BCUT2D eigenvalue weighted by Crippen LogP contribution is 2.39. The molecule has 238 valence electrons. The van der Waals surface area contributed by atoms with Crippen LogP contribution >= 0.6 is 0 Å². The maximum absolute atomic E-state index is 8.97. The molecule has 0 radical (unpaired) electrons. The molecule has 4 aromatic heterocycles. The Morgan fingerprint density at radius 3 is 1.67 bits per heavy atom. The highest BCUT2D eigenvalue weighted by atomic mass is 15.1. The van der Waals surface area contributed by atoms with Gasteiger partial charge in [-0.3, -0.25) is 4.57 Å². The van der Waals surface area contributed by atoms with Gasteiger partial charge in [0.05, 0.1) is 50.6 Å². The first-order valence-electron chi connectivity index (χ1n) is 19.1. The third kappa shape index (κ3) is 4.05. The minimum absolute atomic E-state index is 0.0459. The molecule has 11 rings (SSSR count). The number of fused-ring (bicyclic) bond motifs is 9. The molecular formula is C47H30N4. The summed E-state index contributed by atoms with van der Waals surface area (Å²) in [5, 5.41) is 5.68. The molecule has 11 aromatic rings. The largest absolute Gasteiger partial charge is 0.309 e. The summed E-state index contributed by atoms with van der Waals surface area (Å²) in [6.07, 6.45) is 1.82. The number of nitrogens with zero attached hydrogens (tertiary/aromatic N) is 4. The van der Waals surface area contributed by atoms with E-state index in [-0.39, 0.29) is 24.2 Å². The Morgan fingerprint density at radius 1 is 0.412 bits per heavy atom. The van der Waals surface area contributed by atoms with Crippen molar-refractivity contribution in [3.63, 3.8) is 0 Å². The fraction of sp³-hybridized carbons (Fsp3) is 0. The van der Waals surface area contributed by atoms with Crippen LogP contribution in [-0.4, -0.2) is 18.7 Å². The predicted octanol–water partition coefficient (Wildman–Crippen LogP) is 12.0. The first kappa shape index (κ1) is 24.3. The van der Waals surface area contributed by atoms with Gasteiger partial charge in [-0.05, 0) is 60.1 Å². The second-order valence-electron chi connectivity index (χ2n) is 12.9. The summed E-state index contributed by atoms with van der Waals surface area (Å²) in [7, 11) is 0. The van der Waals surface area contributed by atoms with E-state index in [0.29, 0.717) is 10.9 Å². The van der Waals surface area contributed by atoms with Crippen LogP contribution in [0.2, 0.25) is 0 Å². The van der Waals surface area contributed by atoms with E-state index < -0.39 is 0 Å². The van der Waals surface area contributed by atoms with Crippen molar-refractivity contribution < 1.29 is 5.48 Å². The normalized spacial score (nSPS) is 13.0. The van der Waals surface area contributed by atoms with Gasteiger partial charge in [0.15, 0.2) is 0 Å². The molecule has 0 N–H and O–H groups in total. The molecule has 4 nitrogen and oxygen atoms in total. The summed E-state index contributed by atoms with van der Waals surface area (Å²) in [5.41, 5.74) is 10.3. The topological polar surface area (TPSA) is 27.7 Å². The number of aromatic nitrogens is 4. The van der Waals surface area contributed by atoms with E-state index in [0.717, 1.165) is 72.1 Å². The van der Waals surface area contributed by atoms with Crippen LogP contribution in [0.1, 0.15) is 5.48 Å². The van der Waals surface area contributed by atoms with Crippen LogP contribution in [0.15, 0.2) is 182 Å². The Morgan fingerprint density at radius 2 is 0.961 bits per heavy atom. The summed E-state index contributed by atoms with van der Waals surface area (Å²) in [4.78, 5) is 5.16. The minimum atomic E-state index is -0.258. The molecule has 7 aromatic carbocycles. The van der Waals surface area contributed by atoms with Crippen molar-refractivity contribution in [1.29, 1.82) is 0 Å². The van der Waals surface area contributed by atoms with E-state index in [1.54, 1.807) is 0 Å². The summed E-state index contributed by atoms with van der Waals surface area (Å²) >= 11 is 0. The lowest BCUT2D eigenvalue weighted by Crippen LogP contribution is -2.00. The number of para-hydroxylation sites is 6. The van der Waals surface area contributed by atoms with Gasteiger partial charge >= 0.3 is 0 Å². The maximum Gasteiger partial charge on any atom is 0.145 e. The van der Waals surface area contributed by atoms with Crippen LogP contribution < -0.4 is 0 Å². The van der Waals surface area contributed by atoms with E-state index in [9.17, 15) is 0 Å². The fourth-order valence-electron chi connectivity index (χ4n) is 8.06. The molecule has 0 aliphatic carbocycles. The van der Waals surface area contributed by atoms with Gasteiger partial charge in [-0.15, -0.1) is 0 Å². The molecule has 0 atom stereocenters. The molecule has 4 heterocycles. The standard InChI is InChI=1S/C47H30N4/c1-7-22-41(34(16-1)31-14-13-15-32(28-31)49-42-23-8-2-17-35(42)36-18-3-9-24-43(36)49)51-46-27-12-6-21-39(46)40-29-33(30-48-47(40)51)50-44-25-10-4-19-37(44)38-20-5-11-26-45(38)50/h1-30H/i4D,10D,19D,25D. The minimum Gasteiger partial charge on any atom is -0.309 e. The van der Waals surface area contributed by atoms with E-state index in [2.05, 4.69) is 124 Å². The predicted molar refractivity (Wildman–Crippen MR) is 213 cm³/mol. The summed E-state index contributed by atoms with van der Waals surface area (Å²) < 4.78 is 41.2. The van der Waals surface area contributed by atoms with Crippen LogP contribution in [0, 0.1) is 0 Å². The maximum atomic E-state index is 8.97. The zero-order valence-electron chi connectivity index (χ0n) is 31.3. The van der Waals surface area contributed by atoms with Gasteiger partial charge < -0.3 is 9.13 Å². The molecule has 51 heavy (non-hydrogen) atoms. The first-order valence-corrected chi connectivity index (χ1v) is 17.1. The molecular weight excluding hydrogens is 621 g/mol. The van der Waals surface area contributed by atoms with Gasteiger partial charge in [0, 0.05) is 43.6 Å². The molecule has 0 spiro atoms. The monoisotopic (exact) mass is 654 g/mol. The first-order chi connectivity index (χ1) is 27.0. The SMILES string of the molecule is [2H]c1c([2H])c([2H])c2c(c1[2H])c1ccccc1n2-c1cnc2c(c1)c1ccccc1n2-c1ccccc1-c1cccc(-n2c3ccccc3c3ccccc32)c1. The molecule has 0 saturated carbocycles. The van der Waals surface area contributed by atoms with Crippen LogP contribution in [0.25, 0.3) is 93.7 Å². The lowest BCUT2D eigenvalue weighted by atomic mass is 10.0. The van der Waals surface area contributed by atoms with Gasteiger partial charge in [-0.1, -0.05) is 121 Å². The van der Waals surface area contributed by atoms with E-state index >= 15 is 0 Å². The van der Waals surface area contributed by atoms with Crippen molar-refractivity contribution in [2.24, 2.45) is 0 Å². The molecule has 0 bridgehead atoms. The Kier molecular flexibility index (Phi) is 5.14. The third-order valence-electron chi connectivity index (χ3n) is 10.2. The van der Waals surface area contributed by atoms with E-state index in [1.165, 1.54) is 10.8 Å². The highest BCUT2D eigenvalue weighted by molar-refractivity contribution is 6.12. The van der Waals surface area contributed by atoms with Crippen molar-refractivity contribution >= 4 is 65.5 Å². The Balaban J connectivity index is 1.14. The van der Waals surface area contributed by atoms with E-state index in [1.807, 2.05) is 47.2 Å². The quantitative estimate of drug-likeness (QED) is 0.186. The average Bonchev–Trinajstić information content (AvgIpc) is 3.88. The number of rotatable bonds is 4. The van der Waals surface area contributed by atoms with Gasteiger partial charge in [-0.25, -0.2) is 4.98 Å². The Hall–Kier alpha value is -6.91. The van der Waals surface area contributed by atoms with Crippen LogP contribution in [0.4, 0.5) is 0 Å². The molecule has 0 saturated heterocycles. The van der Waals surface area contributed by atoms with Crippen LogP contribution in [0.3, 0.4) is 0 Å². The Bertz CT molecular complexity index is 3340. The number of benzene rings is 7. The van der Waals surface area contributed by atoms with Crippen molar-refractivity contribution in [2.75, 3.05) is 0 Å². The smallest absolute Gasteiger partial charge is 0.145 e. The zero-order valence-corrected chi connectivity index (χ0v) is 27.3. The summed E-state index contributed by atoms with van der Waals surface area (Å²) in [5.74, 6) is 0. The zero-order chi connectivity index (χ0) is 36.9. The van der Waals surface area contributed by atoms with Crippen molar-refractivity contribution in [1.82, 2.24) is 18.7 Å². The van der Waals surface area contributed by atoms with Gasteiger partial charge in [-0.2, -0.15) is 0 Å². The second-order valence-corrected chi connectivity index (χ2v) is 12.9. The van der Waals surface area contributed by atoms with Gasteiger partial charge in [0.2, 0.25) is 0 Å². The summed E-state index contributed by atoms with van der Waals surface area (Å²) in [6.45, 7) is 0. The van der Waals surface area contributed by atoms with Crippen molar-refractivity contribution in [3.8, 4) is 28.2 Å². The van der Waals surface area contributed by atoms with E-state index in [4.69, 9.17) is 10.5 Å². The molecule has 4 heteroatoms. The molecule has 0 unspecified atom stereocenters. The molecule has 0 aliphatic heterocycles. The lowest BCUT2D eigenvalue weighted by Gasteiger charge is -2.15. The fourth-order valence-corrected chi connectivity index (χ4v) is 8.06. The second kappa shape index (κ2) is 10.8. The lowest BCUT2D eigenvalue weighted by molar-refractivity contribution is 1.11. The van der Waals surface area contributed by atoms with Crippen LogP contribution in [0.5, 0.6) is 0 Å². The van der Waals surface area contributed by atoms with Crippen molar-refractivity contribution in [3.05, 3.63) is 182 Å².